The molecule has 2 rings (SSSR count). The fourth-order valence-corrected chi connectivity index (χ4v) is 2.68. The van der Waals surface area contributed by atoms with Gasteiger partial charge in [0, 0.05) is 12.2 Å². The molecule has 0 fully saturated rings. The molecule has 2 aromatic rings. The zero-order valence-electron chi connectivity index (χ0n) is 16.0. The number of amides is 1. The van der Waals surface area contributed by atoms with Gasteiger partial charge in [-0.1, -0.05) is 42.5 Å². The molecule has 1 amide bonds. The van der Waals surface area contributed by atoms with Crippen LogP contribution in [0.4, 0.5) is 9.18 Å². The predicted octanol–water partition coefficient (Wildman–Crippen LogP) is 3.46. The van der Waals surface area contributed by atoms with Crippen LogP contribution in [0, 0.1) is 5.82 Å². The smallest absolute Gasteiger partial charge is 0.407 e. The quantitative estimate of drug-likeness (QED) is 0.563. The van der Waals surface area contributed by atoms with Crippen LogP contribution in [-0.4, -0.2) is 26.3 Å². The SMILES string of the molecule is COC(=O)N[C@H](/C(C(=O)OC)=C(\C)NCc1ccccc1)c1ccc(F)cc1. The van der Waals surface area contributed by atoms with E-state index in [1.165, 1.54) is 38.5 Å². The van der Waals surface area contributed by atoms with Gasteiger partial charge in [-0.05, 0) is 30.2 Å². The molecule has 6 nitrogen and oxygen atoms in total. The number of alkyl carbamates (subject to hydrolysis) is 1. The summed E-state index contributed by atoms with van der Waals surface area (Å²) in [5.41, 5.74) is 2.23. The maximum Gasteiger partial charge on any atom is 0.407 e. The number of nitrogens with one attached hydrogen (secondary N) is 2. The van der Waals surface area contributed by atoms with E-state index in [4.69, 9.17) is 4.74 Å². The summed E-state index contributed by atoms with van der Waals surface area (Å²) >= 11 is 0. The van der Waals surface area contributed by atoms with Gasteiger partial charge in [-0.3, -0.25) is 0 Å². The Morgan fingerprint density at radius 2 is 1.64 bits per heavy atom. The second kappa shape index (κ2) is 10.1. The second-order valence-electron chi connectivity index (χ2n) is 5.99. The standard InChI is InChI=1S/C21H23FN2O4/c1-14(23-13-15-7-5-4-6-8-15)18(20(25)27-2)19(24-21(26)28-3)16-9-11-17(22)12-10-16/h4-12,19,23H,13H2,1-3H3,(H,24,26)/b18-14-/t19-/m0/s1. The number of hydrogen-bond acceptors (Lipinski definition) is 5. The predicted molar refractivity (Wildman–Crippen MR) is 103 cm³/mol. The fourth-order valence-electron chi connectivity index (χ4n) is 2.68. The largest absolute Gasteiger partial charge is 0.466 e. The lowest BCUT2D eigenvalue weighted by Gasteiger charge is -2.23. The van der Waals surface area contributed by atoms with Gasteiger partial charge in [0.2, 0.25) is 0 Å². The third-order valence-corrected chi connectivity index (χ3v) is 4.15. The molecule has 0 aliphatic carbocycles. The highest BCUT2D eigenvalue weighted by molar-refractivity contribution is 5.91. The van der Waals surface area contributed by atoms with Gasteiger partial charge in [0.05, 0.1) is 25.8 Å². The van der Waals surface area contributed by atoms with Gasteiger partial charge in [0.25, 0.3) is 0 Å². The maximum atomic E-state index is 13.3. The van der Waals surface area contributed by atoms with E-state index in [2.05, 4.69) is 15.4 Å². The first-order valence-electron chi connectivity index (χ1n) is 8.63. The number of esters is 1. The highest BCUT2D eigenvalue weighted by Gasteiger charge is 2.28. The molecule has 1 atom stereocenters. The summed E-state index contributed by atoms with van der Waals surface area (Å²) in [5, 5.41) is 5.79. The molecule has 0 aliphatic heterocycles. The average molecular weight is 386 g/mol. The fraction of sp³-hybridized carbons (Fsp3) is 0.238. The van der Waals surface area contributed by atoms with E-state index in [1.807, 2.05) is 30.3 Å². The summed E-state index contributed by atoms with van der Waals surface area (Å²) in [5.74, 6) is -1.05. The first kappa shape index (κ1) is 21.0. The Kier molecular flexibility index (Phi) is 7.56. The molecule has 0 spiro atoms. The summed E-state index contributed by atoms with van der Waals surface area (Å²) in [7, 11) is 2.48. The van der Waals surface area contributed by atoms with Gasteiger partial charge in [-0.2, -0.15) is 0 Å². The Labute approximate surface area is 163 Å². The van der Waals surface area contributed by atoms with E-state index in [0.29, 0.717) is 17.8 Å². The van der Waals surface area contributed by atoms with E-state index < -0.39 is 23.9 Å². The van der Waals surface area contributed by atoms with Crippen molar-refractivity contribution in [2.45, 2.75) is 19.5 Å². The number of carbonyl (C=O) groups excluding carboxylic acids is 2. The van der Waals surface area contributed by atoms with Crippen molar-refractivity contribution in [3.63, 3.8) is 0 Å². The maximum absolute atomic E-state index is 13.3. The van der Waals surface area contributed by atoms with E-state index in [0.717, 1.165) is 5.56 Å². The Balaban J connectivity index is 2.42. The van der Waals surface area contributed by atoms with Gasteiger partial charge in [0.1, 0.15) is 5.82 Å². The number of halogens is 1. The number of benzene rings is 2. The summed E-state index contributed by atoms with van der Waals surface area (Å²) in [6.07, 6.45) is -0.730. The minimum absolute atomic E-state index is 0.190. The van der Waals surface area contributed by atoms with Crippen molar-refractivity contribution in [3.8, 4) is 0 Å². The number of carbonyl (C=O) groups is 2. The van der Waals surface area contributed by atoms with Crippen LogP contribution in [0.15, 0.2) is 65.9 Å². The zero-order valence-corrected chi connectivity index (χ0v) is 16.0. The van der Waals surface area contributed by atoms with Gasteiger partial charge < -0.3 is 20.1 Å². The topological polar surface area (TPSA) is 76.7 Å². The Bertz CT molecular complexity index is 835. The van der Waals surface area contributed by atoms with Crippen molar-refractivity contribution in [1.29, 1.82) is 0 Å². The number of ether oxygens (including phenoxy) is 2. The molecular weight excluding hydrogens is 363 g/mol. The molecule has 0 aliphatic rings. The molecule has 28 heavy (non-hydrogen) atoms. The van der Waals surface area contributed by atoms with Crippen LogP contribution >= 0.6 is 0 Å². The normalized spacial score (nSPS) is 12.4. The van der Waals surface area contributed by atoms with Crippen molar-refractivity contribution >= 4 is 12.1 Å². The minimum atomic E-state index is -0.885. The molecule has 0 radical (unpaired) electrons. The molecule has 7 heteroatoms. The van der Waals surface area contributed by atoms with Crippen LogP contribution in [0.2, 0.25) is 0 Å². The van der Waals surface area contributed by atoms with Crippen LogP contribution in [-0.2, 0) is 20.8 Å². The van der Waals surface area contributed by atoms with Crippen molar-refractivity contribution < 1.29 is 23.5 Å². The molecule has 0 saturated carbocycles. The first-order valence-corrected chi connectivity index (χ1v) is 8.63. The van der Waals surface area contributed by atoms with E-state index in [-0.39, 0.29) is 5.57 Å². The van der Waals surface area contributed by atoms with Crippen LogP contribution in [0.3, 0.4) is 0 Å². The minimum Gasteiger partial charge on any atom is -0.466 e. The number of hydrogen-bond donors (Lipinski definition) is 2. The Morgan fingerprint density at radius 1 is 1.00 bits per heavy atom. The van der Waals surface area contributed by atoms with E-state index in [9.17, 15) is 14.0 Å². The summed E-state index contributed by atoms with van der Waals surface area (Å²) in [6, 6.07) is 14.2. The monoisotopic (exact) mass is 386 g/mol. The number of rotatable bonds is 7. The van der Waals surface area contributed by atoms with Crippen LogP contribution < -0.4 is 10.6 Å². The van der Waals surface area contributed by atoms with Gasteiger partial charge in [-0.25, -0.2) is 14.0 Å². The second-order valence-corrected chi connectivity index (χ2v) is 5.99. The van der Waals surface area contributed by atoms with Crippen molar-refractivity contribution in [1.82, 2.24) is 10.6 Å². The number of methoxy groups -OCH3 is 2. The van der Waals surface area contributed by atoms with Crippen molar-refractivity contribution in [2.24, 2.45) is 0 Å². The van der Waals surface area contributed by atoms with Gasteiger partial charge in [-0.15, -0.1) is 0 Å². The summed E-state index contributed by atoms with van der Waals surface area (Å²) < 4.78 is 22.9. The molecule has 2 N–H and O–H groups in total. The lowest BCUT2D eigenvalue weighted by atomic mass is 9.96. The van der Waals surface area contributed by atoms with E-state index >= 15 is 0 Å². The molecule has 0 aromatic heterocycles. The van der Waals surface area contributed by atoms with Crippen LogP contribution in [0.1, 0.15) is 24.1 Å². The molecule has 0 unspecified atom stereocenters. The Hall–Kier alpha value is -3.35. The molecule has 0 bridgehead atoms. The van der Waals surface area contributed by atoms with Crippen LogP contribution in [0.5, 0.6) is 0 Å². The summed E-state index contributed by atoms with van der Waals surface area (Å²) in [4.78, 5) is 24.4. The Morgan fingerprint density at radius 3 is 2.21 bits per heavy atom. The third kappa shape index (κ3) is 5.57. The molecule has 148 valence electrons. The summed E-state index contributed by atoms with van der Waals surface area (Å²) in [6.45, 7) is 2.19. The lowest BCUT2D eigenvalue weighted by molar-refractivity contribution is -0.136. The average Bonchev–Trinajstić information content (AvgIpc) is 2.72. The lowest BCUT2D eigenvalue weighted by Crippen LogP contribution is -2.34. The van der Waals surface area contributed by atoms with Crippen molar-refractivity contribution in [3.05, 3.63) is 82.8 Å². The third-order valence-electron chi connectivity index (χ3n) is 4.15. The molecule has 2 aromatic carbocycles. The molecule has 0 heterocycles. The first-order chi connectivity index (χ1) is 13.5. The zero-order chi connectivity index (χ0) is 20.5. The molecular formula is C21H23FN2O4. The van der Waals surface area contributed by atoms with Gasteiger partial charge in [0.15, 0.2) is 0 Å². The molecule has 0 saturated heterocycles. The highest BCUT2D eigenvalue weighted by atomic mass is 19.1. The highest BCUT2D eigenvalue weighted by Crippen LogP contribution is 2.26. The number of allylic oxidation sites excluding steroid dienone is 1. The van der Waals surface area contributed by atoms with Crippen LogP contribution in [0.25, 0.3) is 0 Å². The van der Waals surface area contributed by atoms with Crippen molar-refractivity contribution in [2.75, 3.05) is 14.2 Å². The van der Waals surface area contributed by atoms with E-state index in [1.54, 1.807) is 6.92 Å². The van der Waals surface area contributed by atoms with Gasteiger partial charge >= 0.3 is 12.1 Å².